The van der Waals surface area contributed by atoms with Gasteiger partial charge in [0.25, 0.3) is 0 Å². The number of hydrogen-bond donors (Lipinski definition) is 1. The summed E-state index contributed by atoms with van der Waals surface area (Å²) < 4.78 is 0. The molecule has 2 fully saturated rings. The van der Waals surface area contributed by atoms with E-state index in [1.165, 1.54) is 22.4 Å². The van der Waals surface area contributed by atoms with Gasteiger partial charge in [-0.05, 0) is 57.2 Å². The van der Waals surface area contributed by atoms with Crippen LogP contribution in [0, 0.1) is 6.92 Å². The van der Waals surface area contributed by atoms with Gasteiger partial charge in [-0.25, -0.2) is 9.97 Å². The van der Waals surface area contributed by atoms with Crippen molar-refractivity contribution in [3.63, 3.8) is 0 Å². The minimum Gasteiger partial charge on any atom is -0.353 e. The number of rotatable bonds is 3. The van der Waals surface area contributed by atoms with Crippen molar-refractivity contribution in [2.75, 3.05) is 44.2 Å². The minimum absolute atomic E-state index is 0.304. The van der Waals surface area contributed by atoms with Crippen LogP contribution in [0.2, 0.25) is 0 Å². The molecular weight excluding hydrogens is 386 g/mol. The second-order valence-electron chi connectivity index (χ2n) is 9.47. The molecule has 0 unspecified atom stereocenters. The summed E-state index contributed by atoms with van der Waals surface area (Å²) in [5.41, 5.74) is 4.56. The van der Waals surface area contributed by atoms with E-state index in [-0.39, 0.29) is 0 Å². The molecule has 0 bridgehead atoms. The maximum absolute atomic E-state index is 13.9. The highest BCUT2D eigenvalue weighted by atomic mass is 16.2. The summed E-state index contributed by atoms with van der Waals surface area (Å²) in [6, 6.07) is 8.61. The molecule has 6 heteroatoms. The average Bonchev–Trinajstić information content (AvgIpc) is 3.21. The number of carbonyl (C=O) groups is 1. The molecule has 2 aliphatic heterocycles. The minimum atomic E-state index is -0.397. The fraction of sp³-hybridized carbons (Fsp3) is 0.560. The monoisotopic (exact) mass is 419 g/mol. The molecule has 31 heavy (non-hydrogen) atoms. The average molecular weight is 420 g/mol. The maximum atomic E-state index is 13.9. The van der Waals surface area contributed by atoms with Crippen molar-refractivity contribution in [2.24, 2.45) is 0 Å². The predicted octanol–water partition coefficient (Wildman–Crippen LogP) is 2.80. The van der Waals surface area contributed by atoms with E-state index in [0.29, 0.717) is 11.8 Å². The molecule has 3 aliphatic rings. The molecule has 1 N–H and O–H groups in total. The van der Waals surface area contributed by atoms with Crippen LogP contribution in [0.25, 0.3) is 0 Å². The van der Waals surface area contributed by atoms with Crippen molar-refractivity contribution in [3.8, 4) is 0 Å². The van der Waals surface area contributed by atoms with Gasteiger partial charge in [0.15, 0.2) is 0 Å². The molecule has 1 amide bonds. The number of aromatic nitrogens is 2. The second-order valence-corrected chi connectivity index (χ2v) is 9.47. The lowest BCUT2D eigenvalue weighted by Gasteiger charge is -2.44. The molecule has 2 aromatic rings. The van der Waals surface area contributed by atoms with Gasteiger partial charge in [-0.3, -0.25) is 4.79 Å². The molecule has 1 atom stereocenters. The smallest absolute Gasteiger partial charge is 0.233 e. The van der Waals surface area contributed by atoms with Crippen LogP contribution in [0.3, 0.4) is 0 Å². The normalized spacial score (nSPS) is 23.0. The molecule has 6 nitrogen and oxygen atoms in total. The molecular formula is C25H33N5O. The van der Waals surface area contributed by atoms with E-state index in [4.69, 9.17) is 0 Å². The van der Waals surface area contributed by atoms with Crippen LogP contribution in [0.5, 0.6) is 0 Å². The Bertz CT molecular complexity index is 943. The highest BCUT2D eigenvalue weighted by Gasteiger charge is 2.44. The van der Waals surface area contributed by atoms with Crippen LogP contribution in [0.1, 0.15) is 54.5 Å². The Balaban J connectivity index is 1.35. The van der Waals surface area contributed by atoms with Crippen molar-refractivity contribution >= 4 is 11.7 Å². The first kappa shape index (κ1) is 20.4. The summed E-state index contributed by atoms with van der Waals surface area (Å²) in [6.07, 6.45) is 5.66. The summed E-state index contributed by atoms with van der Waals surface area (Å²) in [4.78, 5) is 27.5. The van der Waals surface area contributed by atoms with Crippen LogP contribution in [0.4, 0.5) is 5.82 Å². The van der Waals surface area contributed by atoms with Gasteiger partial charge in [0, 0.05) is 37.4 Å². The zero-order chi connectivity index (χ0) is 21.4. The lowest BCUT2D eigenvalue weighted by atomic mass is 9.71. The van der Waals surface area contributed by atoms with E-state index in [1.807, 2.05) is 0 Å². The molecule has 1 aromatic carbocycles. The zero-order valence-electron chi connectivity index (χ0n) is 18.7. The van der Waals surface area contributed by atoms with E-state index >= 15 is 0 Å². The van der Waals surface area contributed by atoms with Crippen LogP contribution < -0.4 is 10.2 Å². The van der Waals surface area contributed by atoms with Crippen LogP contribution in [0.15, 0.2) is 30.6 Å². The number of aryl methyl sites for hydroxylation is 2. The van der Waals surface area contributed by atoms with Gasteiger partial charge >= 0.3 is 0 Å². The van der Waals surface area contributed by atoms with E-state index in [9.17, 15) is 4.79 Å². The molecule has 0 spiro atoms. The SMILES string of the molecule is Cc1ccc(C2(C(=O)N3CCN(c4ncnc5c4[C@H](C)CC5)CC3)CCNCC2)cc1. The van der Waals surface area contributed by atoms with Crippen LogP contribution in [-0.2, 0) is 16.6 Å². The van der Waals surface area contributed by atoms with Crippen molar-refractivity contribution in [1.82, 2.24) is 20.2 Å². The standard InChI is InChI=1S/C25H33N5O/c1-18-3-6-20(7-4-18)25(9-11-26-12-10-25)24(31)30-15-13-29(14-16-30)23-22-19(2)5-8-21(22)27-17-28-23/h3-4,6-7,17,19,26H,5,8-16H2,1-2H3/t19-/m1/s1. The molecule has 0 saturated carbocycles. The first-order valence-corrected chi connectivity index (χ1v) is 11.7. The quantitative estimate of drug-likeness (QED) is 0.829. The number of piperidine rings is 1. The first-order valence-electron chi connectivity index (χ1n) is 11.7. The molecule has 1 aromatic heterocycles. The van der Waals surface area contributed by atoms with Gasteiger partial charge in [-0.1, -0.05) is 36.8 Å². The highest BCUT2D eigenvalue weighted by Crippen LogP contribution is 2.38. The number of benzene rings is 1. The van der Waals surface area contributed by atoms with Crippen molar-refractivity contribution in [2.45, 2.75) is 50.9 Å². The molecule has 0 radical (unpaired) electrons. The molecule has 3 heterocycles. The van der Waals surface area contributed by atoms with E-state index in [0.717, 1.165) is 70.8 Å². The lowest BCUT2D eigenvalue weighted by molar-refractivity contribution is -0.139. The summed E-state index contributed by atoms with van der Waals surface area (Å²) >= 11 is 0. The fourth-order valence-corrected chi connectivity index (χ4v) is 5.65. The van der Waals surface area contributed by atoms with Crippen molar-refractivity contribution in [1.29, 1.82) is 0 Å². The highest BCUT2D eigenvalue weighted by molar-refractivity contribution is 5.89. The topological polar surface area (TPSA) is 61.4 Å². The molecule has 5 rings (SSSR count). The lowest BCUT2D eigenvalue weighted by Crippen LogP contribution is -2.57. The summed E-state index contributed by atoms with van der Waals surface area (Å²) in [5, 5.41) is 3.44. The Morgan fingerprint density at radius 2 is 1.77 bits per heavy atom. The largest absolute Gasteiger partial charge is 0.353 e. The number of fused-ring (bicyclic) bond motifs is 1. The number of hydrogen-bond acceptors (Lipinski definition) is 5. The van der Waals surface area contributed by atoms with E-state index < -0.39 is 5.41 Å². The predicted molar refractivity (Wildman–Crippen MR) is 123 cm³/mol. The van der Waals surface area contributed by atoms with Gasteiger partial charge in [-0.15, -0.1) is 0 Å². The Kier molecular flexibility index (Phi) is 5.42. The Morgan fingerprint density at radius 3 is 2.48 bits per heavy atom. The Morgan fingerprint density at radius 1 is 1.06 bits per heavy atom. The van der Waals surface area contributed by atoms with Gasteiger partial charge in [0.1, 0.15) is 12.1 Å². The van der Waals surface area contributed by atoms with Crippen molar-refractivity contribution in [3.05, 3.63) is 53.0 Å². The Hall–Kier alpha value is -2.47. The first-order chi connectivity index (χ1) is 15.1. The summed E-state index contributed by atoms with van der Waals surface area (Å²) in [7, 11) is 0. The number of nitrogens with one attached hydrogen (secondary N) is 1. The number of piperazine rings is 1. The van der Waals surface area contributed by atoms with Crippen LogP contribution in [-0.4, -0.2) is 60.0 Å². The van der Waals surface area contributed by atoms with Gasteiger partial charge in [0.2, 0.25) is 5.91 Å². The molecule has 1 aliphatic carbocycles. The fourth-order valence-electron chi connectivity index (χ4n) is 5.65. The second kappa shape index (κ2) is 8.23. The summed E-state index contributed by atoms with van der Waals surface area (Å²) in [5.74, 6) is 1.92. The maximum Gasteiger partial charge on any atom is 0.233 e. The van der Waals surface area contributed by atoms with Gasteiger partial charge in [-0.2, -0.15) is 0 Å². The number of anilines is 1. The van der Waals surface area contributed by atoms with Gasteiger partial charge in [0.05, 0.1) is 5.41 Å². The van der Waals surface area contributed by atoms with E-state index in [2.05, 4.69) is 63.2 Å². The molecule has 164 valence electrons. The van der Waals surface area contributed by atoms with Crippen molar-refractivity contribution < 1.29 is 4.79 Å². The zero-order valence-corrected chi connectivity index (χ0v) is 18.7. The number of carbonyl (C=O) groups excluding carboxylic acids is 1. The van der Waals surface area contributed by atoms with Gasteiger partial charge < -0.3 is 15.1 Å². The number of nitrogens with zero attached hydrogens (tertiary/aromatic N) is 4. The Labute approximate surface area is 185 Å². The van der Waals surface area contributed by atoms with E-state index in [1.54, 1.807) is 6.33 Å². The number of amides is 1. The molecule has 2 saturated heterocycles. The summed E-state index contributed by atoms with van der Waals surface area (Å²) in [6.45, 7) is 9.36. The third-order valence-electron chi connectivity index (χ3n) is 7.59. The third-order valence-corrected chi connectivity index (χ3v) is 7.59. The van der Waals surface area contributed by atoms with Crippen LogP contribution >= 0.6 is 0 Å². The third kappa shape index (κ3) is 3.61.